The Kier molecular flexibility index (Phi) is 8.00. The predicted octanol–water partition coefficient (Wildman–Crippen LogP) is 2.19. The van der Waals surface area contributed by atoms with Crippen molar-refractivity contribution in [2.24, 2.45) is 0 Å². The van der Waals surface area contributed by atoms with Crippen molar-refractivity contribution in [3.8, 4) is 17.6 Å². The van der Waals surface area contributed by atoms with Crippen molar-refractivity contribution in [3.05, 3.63) is 53.6 Å². The van der Waals surface area contributed by atoms with E-state index in [0.29, 0.717) is 35.7 Å². The number of hydrogen-bond donors (Lipinski definition) is 3. The van der Waals surface area contributed by atoms with Gasteiger partial charge in [0.15, 0.2) is 11.5 Å². The highest BCUT2D eigenvalue weighted by atomic mass is 16.5. The van der Waals surface area contributed by atoms with Crippen LogP contribution in [-0.4, -0.2) is 43.8 Å². The second-order valence-corrected chi connectivity index (χ2v) is 6.19. The Morgan fingerprint density at radius 3 is 2.52 bits per heavy atom. The zero-order valence-electron chi connectivity index (χ0n) is 16.3. The molecular weight excluding hydrogens is 374 g/mol. The summed E-state index contributed by atoms with van der Waals surface area (Å²) in [7, 11) is 3.10. The number of nitrogens with one attached hydrogen (secondary N) is 2. The Morgan fingerprint density at radius 2 is 1.86 bits per heavy atom. The van der Waals surface area contributed by atoms with Gasteiger partial charge in [0.1, 0.15) is 12.1 Å². The van der Waals surface area contributed by atoms with Gasteiger partial charge in [-0.2, -0.15) is 5.26 Å². The number of nitriles is 1. The van der Waals surface area contributed by atoms with Crippen molar-refractivity contribution < 1.29 is 24.2 Å². The van der Waals surface area contributed by atoms with E-state index in [1.54, 1.807) is 44.6 Å². The van der Waals surface area contributed by atoms with Gasteiger partial charge in [0.2, 0.25) is 5.91 Å². The van der Waals surface area contributed by atoms with Crippen LogP contribution in [0.15, 0.2) is 42.5 Å². The number of carbonyl (C=O) groups excluding carboxylic acids is 1. The minimum absolute atomic E-state index is 0.263. The lowest BCUT2D eigenvalue weighted by Gasteiger charge is -2.15. The highest BCUT2D eigenvalue weighted by molar-refractivity contribution is 5.95. The van der Waals surface area contributed by atoms with Crippen LogP contribution in [0.4, 0.5) is 5.69 Å². The smallest absolute Gasteiger partial charge is 0.321 e. The fraction of sp³-hybridized carbons (Fsp3) is 0.286. The van der Waals surface area contributed by atoms with E-state index in [2.05, 4.69) is 10.6 Å². The lowest BCUT2D eigenvalue weighted by atomic mass is 10.1. The molecule has 0 saturated heterocycles. The number of ether oxygens (including phenoxy) is 2. The SMILES string of the molecule is COc1ccc(CCNC(CC(=O)Nc2ccccc2C#N)C(=O)O)cc1OC. The van der Waals surface area contributed by atoms with Crippen molar-refractivity contribution in [3.63, 3.8) is 0 Å². The normalized spacial score (nSPS) is 11.2. The molecule has 0 radical (unpaired) electrons. The molecule has 0 aliphatic rings. The standard InChI is InChI=1S/C21H23N3O5/c1-28-18-8-7-14(11-19(18)29-2)9-10-23-17(21(26)27)12-20(25)24-16-6-4-3-5-15(16)13-22/h3-8,11,17,23H,9-10,12H2,1-2H3,(H,24,25)(H,26,27). The second-order valence-electron chi connectivity index (χ2n) is 6.19. The Balaban J connectivity index is 1.92. The lowest BCUT2D eigenvalue weighted by molar-refractivity contribution is -0.141. The zero-order valence-corrected chi connectivity index (χ0v) is 16.3. The molecule has 29 heavy (non-hydrogen) atoms. The maximum Gasteiger partial charge on any atom is 0.321 e. The monoisotopic (exact) mass is 397 g/mol. The molecule has 0 aliphatic carbocycles. The van der Waals surface area contributed by atoms with Crippen LogP contribution in [0.3, 0.4) is 0 Å². The van der Waals surface area contributed by atoms with Crippen LogP contribution in [0.25, 0.3) is 0 Å². The van der Waals surface area contributed by atoms with E-state index in [4.69, 9.17) is 14.7 Å². The number of benzene rings is 2. The van der Waals surface area contributed by atoms with Crippen LogP contribution in [-0.2, 0) is 16.0 Å². The summed E-state index contributed by atoms with van der Waals surface area (Å²) < 4.78 is 10.4. The van der Waals surface area contributed by atoms with Crippen LogP contribution in [0.2, 0.25) is 0 Å². The average Bonchev–Trinajstić information content (AvgIpc) is 2.73. The molecule has 2 rings (SSSR count). The summed E-state index contributed by atoms with van der Waals surface area (Å²) >= 11 is 0. The van der Waals surface area contributed by atoms with Gasteiger partial charge in [-0.1, -0.05) is 18.2 Å². The van der Waals surface area contributed by atoms with E-state index < -0.39 is 17.9 Å². The number of anilines is 1. The van der Waals surface area contributed by atoms with Crippen molar-refractivity contribution in [2.75, 3.05) is 26.1 Å². The van der Waals surface area contributed by atoms with Crippen LogP contribution in [0.1, 0.15) is 17.5 Å². The van der Waals surface area contributed by atoms with E-state index in [1.807, 2.05) is 18.2 Å². The third-order valence-electron chi connectivity index (χ3n) is 4.26. The fourth-order valence-corrected chi connectivity index (χ4v) is 2.75. The summed E-state index contributed by atoms with van der Waals surface area (Å²) in [6.07, 6.45) is 0.282. The summed E-state index contributed by atoms with van der Waals surface area (Å²) in [5, 5.41) is 23.9. The molecule has 8 heteroatoms. The largest absolute Gasteiger partial charge is 0.493 e. The number of hydrogen-bond acceptors (Lipinski definition) is 6. The fourth-order valence-electron chi connectivity index (χ4n) is 2.75. The van der Waals surface area contributed by atoms with Gasteiger partial charge in [0.05, 0.1) is 31.9 Å². The summed E-state index contributed by atoms with van der Waals surface area (Å²) in [4.78, 5) is 23.7. The van der Waals surface area contributed by atoms with Gasteiger partial charge in [-0.3, -0.25) is 9.59 Å². The zero-order chi connectivity index (χ0) is 21.2. The van der Waals surface area contributed by atoms with E-state index >= 15 is 0 Å². The van der Waals surface area contributed by atoms with Gasteiger partial charge in [0.25, 0.3) is 0 Å². The molecule has 0 spiro atoms. The molecule has 0 bridgehead atoms. The Bertz CT molecular complexity index is 907. The molecule has 0 aliphatic heterocycles. The molecule has 0 heterocycles. The molecule has 0 fully saturated rings. The number of para-hydroxylation sites is 1. The highest BCUT2D eigenvalue weighted by Crippen LogP contribution is 2.27. The van der Waals surface area contributed by atoms with Crippen molar-refractivity contribution >= 4 is 17.6 Å². The highest BCUT2D eigenvalue weighted by Gasteiger charge is 2.21. The third kappa shape index (κ3) is 6.23. The first-order valence-electron chi connectivity index (χ1n) is 8.94. The molecule has 152 valence electrons. The maximum absolute atomic E-state index is 12.2. The number of carbonyl (C=O) groups is 2. The van der Waals surface area contributed by atoms with Gasteiger partial charge in [-0.15, -0.1) is 0 Å². The van der Waals surface area contributed by atoms with Crippen LogP contribution >= 0.6 is 0 Å². The lowest BCUT2D eigenvalue weighted by Crippen LogP contribution is -2.40. The number of nitrogens with zero attached hydrogens (tertiary/aromatic N) is 1. The van der Waals surface area contributed by atoms with Crippen molar-refractivity contribution in [1.82, 2.24) is 5.32 Å². The molecule has 3 N–H and O–H groups in total. The first-order chi connectivity index (χ1) is 14.0. The number of amides is 1. The summed E-state index contributed by atoms with van der Waals surface area (Å²) in [6.45, 7) is 0.356. The van der Waals surface area contributed by atoms with Gasteiger partial charge < -0.3 is 25.2 Å². The molecule has 1 atom stereocenters. The van der Waals surface area contributed by atoms with Crippen molar-refractivity contribution in [1.29, 1.82) is 5.26 Å². The van der Waals surface area contributed by atoms with Crippen LogP contribution in [0.5, 0.6) is 11.5 Å². The number of carboxylic acid groups (broad SMARTS) is 1. The van der Waals surface area contributed by atoms with Crippen LogP contribution < -0.4 is 20.1 Å². The topological polar surface area (TPSA) is 121 Å². The molecule has 2 aromatic rings. The summed E-state index contributed by atoms with van der Waals surface area (Å²) in [5.74, 6) is -0.406. The molecular formula is C21H23N3O5. The molecule has 1 amide bonds. The number of rotatable bonds is 10. The quantitative estimate of drug-likeness (QED) is 0.562. The second kappa shape index (κ2) is 10.7. The summed E-state index contributed by atoms with van der Waals surface area (Å²) in [5.41, 5.74) is 1.61. The van der Waals surface area contributed by atoms with E-state index in [9.17, 15) is 14.7 Å². The van der Waals surface area contributed by atoms with Gasteiger partial charge >= 0.3 is 5.97 Å². The minimum atomic E-state index is -1.12. The Labute approximate surface area is 169 Å². The van der Waals surface area contributed by atoms with E-state index in [-0.39, 0.29) is 6.42 Å². The van der Waals surface area contributed by atoms with Gasteiger partial charge in [-0.05, 0) is 42.8 Å². The minimum Gasteiger partial charge on any atom is -0.493 e. The average molecular weight is 397 g/mol. The number of aliphatic carboxylic acids is 1. The van der Waals surface area contributed by atoms with E-state index in [0.717, 1.165) is 5.56 Å². The molecule has 2 aromatic carbocycles. The van der Waals surface area contributed by atoms with Crippen molar-refractivity contribution in [2.45, 2.75) is 18.9 Å². The van der Waals surface area contributed by atoms with Gasteiger partial charge in [0, 0.05) is 0 Å². The molecule has 0 aromatic heterocycles. The Morgan fingerprint density at radius 1 is 1.14 bits per heavy atom. The van der Waals surface area contributed by atoms with Gasteiger partial charge in [-0.25, -0.2) is 0 Å². The maximum atomic E-state index is 12.2. The molecule has 0 saturated carbocycles. The van der Waals surface area contributed by atoms with E-state index in [1.165, 1.54) is 0 Å². The predicted molar refractivity (Wildman–Crippen MR) is 107 cm³/mol. The van der Waals surface area contributed by atoms with Crippen LogP contribution in [0, 0.1) is 11.3 Å². The first kappa shape index (κ1) is 21.7. The summed E-state index contributed by atoms with van der Waals surface area (Å²) in [6, 6.07) is 12.9. The number of methoxy groups -OCH3 is 2. The third-order valence-corrected chi connectivity index (χ3v) is 4.26. The molecule has 1 unspecified atom stereocenters. The first-order valence-corrected chi connectivity index (χ1v) is 8.94. The number of carboxylic acids is 1. The Hall–Kier alpha value is -3.57. The molecule has 8 nitrogen and oxygen atoms in total.